The van der Waals surface area contributed by atoms with Gasteiger partial charge in [-0.25, -0.2) is 9.80 Å². The lowest BCUT2D eigenvalue weighted by Gasteiger charge is -2.20. The molecule has 3 aromatic rings. The van der Waals surface area contributed by atoms with Crippen molar-refractivity contribution in [3.05, 3.63) is 89.4 Å². The molecule has 4 rings (SSSR count). The van der Waals surface area contributed by atoms with Crippen LogP contribution in [0.2, 0.25) is 0 Å². The highest BCUT2D eigenvalue weighted by Crippen LogP contribution is 2.33. The third-order valence-electron chi connectivity index (χ3n) is 5.26. The van der Waals surface area contributed by atoms with Gasteiger partial charge in [-0.05, 0) is 55.8 Å². The SMILES string of the molecule is CCOC(=O)c1ccc(NCC(=O)N2N=C(c3ccc(C)cc3)C[C@@H]2c2ccco2)cc1. The average Bonchev–Trinajstić information content (AvgIpc) is 3.48. The Morgan fingerprint density at radius 2 is 1.88 bits per heavy atom. The fourth-order valence-electron chi connectivity index (χ4n) is 3.56. The first-order chi connectivity index (χ1) is 15.5. The number of ether oxygens (including phenoxy) is 1. The number of anilines is 1. The zero-order chi connectivity index (χ0) is 22.5. The molecule has 2 aromatic carbocycles. The minimum atomic E-state index is -0.369. The van der Waals surface area contributed by atoms with E-state index in [1.807, 2.05) is 43.3 Å². The number of amides is 1. The number of esters is 1. The zero-order valence-electron chi connectivity index (χ0n) is 18.1. The second-order valence-electron chi connectivity index (χ2n) is 7.54. The molecule has 1 atom stereocenters. The van der Waals surface area contributed by atoms with E-state index in [0.29, 0.717) is 24.4 Å². The predicted molar refractivity (Wildman–Crippen MR) is 122 cm³/mol. The molecule has 1 aliphatic rings. The summed E-state index contributed by atoms with van der Waals surface area (Å²) in [6.45, 7) is 4.18. The highest BCUT2D eigenvalue weighted by molar-refractivity contribution is 6.03. The van der Waals surface area contributed by atoms with Crippen molar-refractivity contribution < 1.29 is 18.7 Å². The Kier molecular flexibility index (Phi) is 6.35. The van der Waals surface area contributed by atoms with Crippen LogP contribution in [-0.4, -0.2) is 35.7 Å². The number of carbonyl (C=O) groups excluding carboxylic acids is 2. The number of nitrogens with one attached hydrogen (secondary N) is 1. The van der Waals surface area contributed by atoms with Crippen LogP contribution in [0.3, 0.4) is 0 Å². The number of nitrogens with zero attached hydrogens (tertiary/aromatic N) is 2. The summed E-state index contributed by atoms with van der Waals surface area (Å²) in [5, 5.41) is 9.23. The van der Waals surface area contributed by atoms with Gasteiger partial charge in [0.2, 0.25) is 0 Å². The van der Waals surface area contributed by atoms with Gasteiger partial charge in [-0.15, -0.1) is 0 Å². The molecular weight excluding hydrogens is 406 g/mol. The largest absolute Gasteiger partial charge is 0.467 e. The molecule has 1 amide bonds. The first kappa shape index (κ1) is 21.4. The number of aryl methyl sites for hydroxylation is 1. The number of hydrogen-bond donors (Lipinski definition) is 1. The average molecular weight is 431 g/mol. The first-order valence-electron chi connectivity index (χ1n) is 10.6. The van der Waals surface area contributed by atoms with Gasteiger partial charge in [-0.1, -0.05) is 29.8 Å². The van der Waals surface area contributed by atoms with Crippen molar-refractivity contribution in [2.24, 2.45) is 5.10 Å². The van der Waals surface area contributed by atoms with Crippen molar-refractivity contribution in [1.29, 1.82) is 0 Å². The van der Waals surface area contributed by atoms with Gasteiger partial charge in [0.1, 0.15) is 11.8 Å². The number of furan rings is 1. The van der Waals surface area contributed by atoms with Crippen molar-refractivity contribution in [2.45, 2.75) is 26.3 Å². The van der Waals surface area contributed by atoms with Crippen LogP contribution in [0, 0.1) is 6.92 Å². The third-order valence-corrected chi connectivity index (χ3v) is 5.26. The van der Waals surface area contributed by atoms with Crippen LogP contribution in [0.25, 0.3) is 0 Å². The van der Waals surface area contributed by atoms with Gasteiger partial charge in [0.15, 0.2) is 0 Å². The van der Waals surface area contributed by atoms with Gasteiger partial charge in [0, 0.05) is 12.1 Å². The lowest BCUT2D eigenvalue weighted by molar-refractivity contribution is -0.131. The molecule has 0 saturated carbocycles. The molecule has 0 unspecified atom stereocenters. The van der Waals surface area contributed by atoms with Gasteiger partial charge in [-0.3, -0.25) is 4.79 Å². The Morgan fingerprint density at radius 3 is 2.53 bits per heavy atom. The lowest BCUT2D eigenvalue weighted by Crippen LogP contribution is -2.32. The number of rotatable bonds is 7. The van der Waals surface area contributed by atoms with E-state index < -0.39 is 0 Å². The molecule has 0 bridgehead atoms. The molecule has 0 radical (unpaired) electrons. The van der Waals surface area contributed by atoms with Crippen molar-refractivity contribution in [2.75, 3.05) is 18.5 Å². The molecule has 0 saturated heterocycles. The van der Waals surface area contributed by atoms with E-state index in [4.69, 9.17) is 9.15 Å². The van der Waals surface area contributed by atoms with Crippen LogP contribution in [0.4, 0.5) is 5.69 Å². The van der Waals surface area contributed by atoms with E-state index in [0.717, 1.165) is 17.0 Å². The van der Waals surface area contributed by atoms with Gasteiger partial charge < -0.3 is 14.5 Å². The Bertz CT molecular complexity index is 1100. The third kappa shape index (κ3) is 4.72. The molecule has 0 spiro atoms. The summed E-state index contributed by atoms with van der Waals surface area (Å²) in [5.74, 6) is 0.150. The summed E-state index contributed by atoms with van der Waals surface area (Å²) < 4.78 is 10.6. The quantitative estimate of drug-likeness (QED) is 0.555. The van der Waals surface area contributed by atoms with E-state index in [1.165, 1.54) is 10.6 Å². The smallest absolute Gasteiger partial charge is 0.338 e. The topological polar surface area (TPSA) is 84.1 Å². The van der Waals surface area contributed by atoms with Crippen LogP contribution < -0.4 is 5.32 Å². The number of hydrazone groups is 1. The number of carbonyl (C=O) groups is 2. The van der Waals surface area contributed by atoms with Crippen LogP contribution in [-0.2, 0) is 9.53 Å². The second-order valence-corrected chi connectivity index (χ2v) is 7.54. The van der Waals surface area contributed by atoms with Crippen molar-refractivity contribution in [3.63, 3.8) is 0 Å². The summed E-state index contributed by atoms with van der Waals surface area (Å²) in [4.78, 5) is 24.8. The molecular formula is C25H25N3O4. The van der Waals surface area contributed by atoms with E-state index in [2.05, 4.69) is 10.4 Å². The Hall–Kier alpha value is -3.87. The van der Waals surface area contributed by atoms with Crippen molar-refractivity contribution in [3.8, 4) is 0 Å². The maximum atomic E-state index is 13.1. The van der Waals surface area contributed by atoms with Crippen LogP contribution in [0.15, 0.2) is 76.4 Å². The van der Waals surface area contributed by atoms with Crippen molar-refractivity contribution >= 4 is 23.3 Å². The summed E-state index contributed by atoms with van der Waals surface area (Å²) in [6.07, 6.45) is 2.18. The maximum absolute atomic E-state index is 13.1. The fourth-order valence-corrected chi connectivity index (χ4v) is 3.56. The standard InChI is InChI=1S/C25H25N3O4/c1-3-31-25(30)19-10-12-20(13-11-19)26-16-24(29)28-22(23-5-4-14-32-23)15-21(27-28)18-8-6-17(2)7-9-18/h4-14,22,26H,3,15-16H2,1-2H3/t22-/m1/s1. The van der Waals surface area contributed by atoms with Gasteiger partial charge in [0.05, 0.1) is 30.7 Å². The summed E-state index contributed by atoms with van der Waals surface area (Å²) >= 11 is 0. The minimum absolute atomic E-state index is 0.0562. The minimum Gasteiger partial charge on any atom is -0.467 e. The molecule has 0 aliphatic carbocycles. The van der Waals surface area contributed by atoms with E-state index in [-0.39, 0.29) is 24.5 Å². The molecule has 1 aromatic heterocycles. The van der Waals surface area contributed by atoms with Crippen LogP contribution in [0.1, 0.15) is 46.6 Å². The van der Waals surface area contributed by atoms with Gasteiger partial charge in [-0.2, -0.15) is 5.10 Å². The highest BCUT2D eigenvalue weighted by atomic mass is 16.5. The molecule has 164 valence electrons. The number of benzene rings is 2. The molecule has 2 heterocycles. The molecule has 1 N–H and O–H groups in total. The Balaban J connectivity index is 1.47. The first-order valence-corrected chi connectivity index (χ1v) is 10.6. The highest BCUT2D eigenvalue weighted by Gasteiger charge is 2.34. The van der Waals surface area contributed by atoms with E-state index in [9.17, 15) is 9.59 Å². The van der Waals surface area contributed by atoms with Gasteiger partial charge in [0.25, 0.3) is 5.91 Å². The predicted octanol–water partition coefficient (Wildman–Crippen LogP) is 4.55. The number of hydrogen-bond acceptors (Lipinski definition) is 6. The Morgan fingerprint density at radius 1 is 1.12 bits per heavy atom. The van der Waals surface area contributed by atoms with E-state index in [1.54, 1.807) is 37.5 Å². The molecule has 7 nitrogen and oxygen atoms in total. The van der Waals surface area contributed by atoms with Crippen LogP contribution in [0.5, 0.6) is 0 Å². The second kappa shape index (κ2) is 9.51. The monoisotopic (exact) mass is 431 g/mol. The normalized spacial score (nSPS) is 15.4. The maximum Gasteiger partial charge on any atom is 0.338 e. The van der Waals surface area contributed by atoms with Crippen LogP contribution >= 0.6 is 0 Å². The zero-order valence-corrected chi connectivity index (χ0v) is 18.1. The van der Waals surface area contributed by atoms with Crippen molar-refractivity contribution in [1.82, 2.24) is 5.01 Å². The molecule has 7 heteroatoms. The lowest BCUT2D eigenvalue weighted by atomic mass is 10.0. The summed E-state index contributed by atoms with van der Waals surface area (Å²) in [5.41, 5.74) is 4.20. The summed E-state index contributed by atoms with van der Waals surface area (Å²) in [6, 6.07) is 18.3. The van der Waals surface area contributed by atoms with Gasteiger partial charge >= 0.3 is 5.97 Å². The molecule has 32 heavy (non-hydrogen) atoms. The molecule has 0 fully saturated rings. The fraction of sp³-hybridized carbons (Fsp3) is 0.240. The van der Waals surface area contributed by atoms with E-state index >= 15 is 0 Å². The summed E-state index contributed by atoms with van der Waals surface area (Å²) in [7, 11) is 0. The Labute approximate surface area is 186 Å². The molecule has 1 aliphatic heterocycles.